The molecule has 0 spiro atoms. The van der Waals surface area contributed by atoms with E-state index in [0.29, 0.717) is 6.42 Å². The van der Waals surface area contributed by atoms with Gasteiger partial charge in [0, 0.05) is 30.6 Å². The van der Waals surface area contributed by atoms with Gasteiger partial charge in [-0.2, -0.15) is 0 Å². The summed E-state index contributed by atoms with van der Waals surface area (Å²) in [6.45, 7) is 2.49. The fourth-order valence-electron chi connectivity index (χ4n) is 2.92. The molecule has 0 radical (unpaired) electrons. The van der Waals surface area contributed by atoms with Gasteiger partial charge in [0.25, 0.3) is 0 Å². The van der Waals surface area contributed by atoms with Crippen LogP contribution in [0.1, 0.15) is 30.2 Å². The monoisotopic (exact) mass is 280 g/mol. The van der Waals surface area contributed by atoms with E-state index < -0.39 is 6.10 Å². The van der Waals surface area contributed by atoms with E-state index in [-0.39, 0.29) is 17.9 Å². The van der Waals surface area contributed by atoms with Crippen LogP contribution in [0.25, 0.3) is 0 Å². The molecule has 2 unspecified atom stereocenters. The lowest BCUT2D eigenvalue weighted by molar-refractivity contribution is -0.138. The van der Waals surface area contributed by atoms with Crippen molar-refractivity contribution in [2.45, 2.75) is 31.4 Å². The van der Waals surface area contributed by atoms with E-state index in [4.69, 9.17) is 0 Å². The van der Waals surface area contributed by atoms with E-state index in [1.54, 1.807) is 11.3 Å². The van der Waals surface area contributed by atoms with E-state index >= 15 is 0 Å². The minimum Gasteiger partial charge on any atom is -0.387 e. The van der Waals surface area contributed by atoms with Crippen LogP contribution in [0.3, 0.4) is 0 Å². The number of hydrogen-bond acceptors (Lipinski definition) is 4. The number of rotatable bonds is 4. The molecule has 2 aliphatic rings. The molecule has 2 saturated heterocycles. The maximum Gasteiger partial charge on any atom is 0.228 e. The smallest absolute Gasteiger partial charge is 0.228 e. The number of aliphatic hydroxyl groups excluding tert-OH is 1. The number of amides is 1. The fourth-order valence-corrected chi connectivity index (χ4v) is 3.65. The Balaban J connectivity index is 1.61. The Morgan fingerprint density at radius 2 is 2.42 bits per heavy atom. The van der Waals surface area contributed by atoms with Crippen molar-refractivity contribution in [3.05, 3.63) is 22.4 Å². The summed E-state index contributed by atoms with van der Waals surface area (Å²) in [6, 6.07) is 4.14. The topological polar surface area (TPSA) is 52.6 Å². The van der Waals surface area contributed by atoms with Gasteiger partial charge >= 0.3 is 0 Å². The van der Waals surface area contributed by atoms with E-state index in [1.165, 1.54) is 0 Å². The molecule has 1 aromatic rings. The molecule has 19 heavy (non-hydrogen) atoms. The van der Waals surface area contributed by atoms with Crippen molar-refractivity contribution in [2.24, 2.45) is 5.92 Å². The van der Waals surface area contributed by atoms with Crippen LogP contribution in [-0.2, 0) is 4.79 Å². The second kappa shape index (κ2) is 5.61. The van der Waals surface area contributed by atoms with Crippen LogP contribution < -0.4 is 5.32 Å². The molecular formula is C14H20N2O2S. The van der Waals surface area contributed by atoms with Crippen molar-refractivity contribution in [2.75, 3.05) is 19.6 Å². The minimum atomic E-state index is -0.432. The van der Waals surface area contributed by atoms with Gasteiger partial charge in [0.05, 0.1) is 12.0 Å². The SMILES string of the molecule is O=C(C1CNC1)N1CCCC1CC(O)c1cccs1. The lowest BCUT2D eigenvalue weighted by Gasteiger charge is -2.34. The van der Waals surface area contributed by atoms with Crippen molar-refractivity contribution in [3.63, 3.8) is 0 Å². The molecule has 3 rings (SSSR count). The van der Waals surface area contributed by atoms with Gasteiger partial charge in [0.1, 0.15) is 0 Å². The predicted molar refractivity (Wildman–Crippen MR) is 75.0 cm³/mol. The Hall–Kier alpha value is -0.910. The van der Waals surface area contributed by atoms with E-state index in [1.807, 2.05) is 22.4 Å². The Kier molecular flexibility index (Phi) is 3.86. The van der Waals surface area contributed by atoms with Gasteiger partial charge in [-0.15, -0.1) is 11.3 Å². The predicted octanol–water partition coefficient (Wildman–Crippen LogP) is 1.38. The first-order valence-electron chi connectivity index (χ1n) is 6.98. The second-order valence-electron chi connectivity index (χ2n) is 5.45. The third-order valence-corrected chi connectivity index (χ3v) is 5.13. The summed E-state index contributed by atoms with van der Waals surface area (Å²) >= 11 is 1.58. The normalized spacial score (nSPS) is 25.3. The second-order valence-corrected chi connectivity index (χ2v) is 6.43. The van der Waals surface area contributed by atoms with Crippen molar-refractivity contribution >= 4 is 17.2 Å². The molecule has 1 amide bonds. The molecule has 5 heteroatoms. The molecule has 4 nitrogen and oxygen atoms in total. The minimum absolute atomic E-state index is 0.166. The van der Waals surface area contributed by atoms with Crippen LogP contribution in [0.2, 0.25) is 0 Å². The summed E-state index contributed by atoms with van der Waals surface area (Å²) in [5.41, 5.74) is 0. The number of carbonyl (C=O) groups excluding carboxylic acids is 1. The molecular weight excluding hydrogens is 260 g/mol. The van der Waals surface area contributed by atoms with Crippen LogP contribution in [0.15, 0.2) is 17.5 Å². The number of nitrogens with one attached hydrogen (secondary N) is 1. The first-order chi connectivity index (χ1) is 9.25. The van der Waals surface area contributed by atoms with E-state index in [2.05, 4.69) is 5.32 Å². The maximum atomic E-state index is 12.3. The van der Waals surface area contributed by atoms with Crippen LogP contribution in [0, 0.1) is 5.92 Å². The van der Waals surface area contributed by atoms with Crippen LogP contribution >= 0.6 is 11.3 Å². The molecule has 3 heterocycles. The van der Waals surface area contributed by atoms with E-state index in [0.717, 1.165) is 37.4 Å². The van der Waals surface area contributed by atoms with Gasteiger partial charge in [0.2, 0.25) is 5.91 Å². The third kappa shape index (κ3) is 2.68. The van der Waals surface area contributed by atoms with Crippen molar-refractivity contribution in [3.8, 4) is 0 Å². The van der Waals surface area contributed by atoms with Crippen molar-refractivity contribution in [1.82, 2.24) is 10.2 Å². The highest BCUT2D eigenvalue weighted by Crippen LogP contribution is 2.30. The number of thiophene rings is 1. The Labute approximate surface area is 117 Å². The zero-order valence-electron chi connectivity index (χ0n) is 10.9. The fraction of sp³-hybridized carbons (Fsp3) is 0.643. The molecule has 2 fully saturated rings. The lowest BCUT2D eigenvalue weighted by Crippen LogP contribution is -2.53. The highest BCUT2D eigenvalue weighted by Gasteiger charge is 2.36. The Morgan fingerprint density at radius 1 is 1.58 bits per heavy atom. The third-order valence-electron chi connectivity index (χ3n) is 4.16. The molecule has 0 aromatic carbocycles. The average Bonchev–Trinajstić information content (AvgIpc) is 2.96. The summed E-state index contributed by atoms with van der Waals surface area (Å²) < 4.78 is 0. The molecule has 2 N–H and O–H groups in total. The van der Waals surface area contributed by atoms with Gasteiger partial charge in [-0.1, -0.05) is 6.07 Å². The number of likely N-dealkylation sites (tertiary alicyclic amines) is 1. The van der Waals surface area contributed by atoms with Crippen molar-refractivity contribution in [1.29, 1.82) is 0 Å². The number of aliphatic hydroxyl groups is 1. The maximum absolute atomic E-state index is 12.3. The molecule has 0 aliphatic carbocycles. The number of nitrogens with zero attached hydrogens (tertiary/aromatic N) is 1. The summed E-state index contributed by atoms with van der Waals surface area (Å²) in [4.78, 5) is 15.3. The molecule has 0 bridgehead atoms. The standard InChI is InChI=1S/C14H20N2O2S/c17-12(13-4-2-6-19-13)7-11-3-1-5-16(11)14(18)10-8-15-9-10/h2,4,6,10-12,15,17H,1,3,5,7-9H2. The molecule has 0 saturated carbocycles. The van der Waals surface area contributed by atoms with Crippen molar-refractivity contribution < 1.29 is 9.90 Å². The number of carbonyl (C=O) groups is 1. The zero-order valence-corrected chi connectivity index (χ0v) is 11.7. The van der Waals surface area contributed by atoms with Gasteiger partial charge in [-0.3, -0.25) is 4.79 Å². The highest BCUT2D eigenvalue weighted by molar-refractivity contribution is 7.10. The summed E-state index contributed by atoms with van der Waals surface area (Å²) in [5.74, 6) is 0.444. The molecule has 2 atom stereocenters. The summed E-state index contributed by atoms with van der Waals surface area (Å²) in [7, 11) is 0. The Morgan fingerprint density at radius 3 is 3.05 bits per heavy atom. The van der Waals surface area contributed by atoms with Gasteiger partial charge < -0.3 is 15.3 Å². The first kappa shape index (κ1) is 13.1. The Bertz CT molecular complexity index is 431. The lowest BCUT2D eigenvalue weighted by atomic mass is 10.00. The summed E-state index contributed by atoms with van der Waals surface area (Å²) in [6.07, 6.45) is 2.33. The molecule has 104 valence electrons. The van der Waals surface area contributed by atoms with Crippen LogP contribution in [0.4, 0.5) is 0 Å². The quantitative estimate of drug-likeness (QED) is 0.876. The van der Waals surface area contributed by atoms with Gasteiger partial charge in [-0.25, -0.2) is 0 Å². The highest BCUT2D eigenvalue weighted by atomic mass is 32.1. The molecule has 1 aromatic heterocycles. The first-order valence-corrected chi connectivity index (χ1v) is 7.86. The zero-order chi connectivity index (χ0) is 13.2. The molecule has 2 aliphatic heterocycles. The van der Waals surface area contributed by atoms with E-state index in [9.17, 15) is 9.90 Å². The van der Waals surface area contributed by atoms with Gasteiger partial charge in [0.15, 0.2) is 0 Å². The summed E-state index contributed by atoms with van der Waals surface area (Å²) in [5, 5.41) is 15.4. The number of hydrogen-bond donors (Lipinski definition) is 2. The van der Waals surface area contributed by atoms with Gasteiger partial charge in [-0.05, 0) is 30.7 Å². The van der Waals surface area contributed by atoms with Crippen LogP contribution in [-0.4, -0.2) is 41.6 Å². The average molecular weight is 280 g/mol. The largest absolute Gasteiger partial charge is 0.387 e. The van der Waals surface area contributed by atoms with Crippen LogP contribution in [0.5, 0.6) is 0 Å².